The third kappa shape index (κ3) is 2.58. The Kier molecular flexibility index (Phi) is 4.61. The molecule has 0 spiro atoms. The topological polar surface area (TPSA) is 60.7 Å². The second kappa shape index (κ2) is 6.00. The summed E-state index contributed by atoms with van der Waals surface area (Å²) in [7, 11) is 0. The van der Waals surface area contributed by atoms with Crippen molar-refractivity contribution in [1.29, 1.82) is 0 Å². The number of aliphatic hydroxyl groups excluding tert-OH is 3. The van der Waals surface area contributed by atoms with Crippen LogP contribution in [0.15, 0.2) is 0 Å². The smallest absolute Gasteiger partial charge is 0.0625 e. The van der Waals surface area contributed by atoms with Gasteiger partial charge < -0.3 is 15.3 Å². The summed E-state index contributed by atoms with van der Waals surface area (Å²) in [6.07, 6.45) is 8.45. The van der Waals surface area contributed by atoms with E-state index in [1.54, 1.807) is 0 Å². The molecular formula is C20H36O3. The molecule has 0 radical (unpaired) electrons. The quantitative estimate of drug-likeness (QED) is 0.746. The minimum Gasteiger partial charge on any atom is -0.396 e. The largest absolute Gasteiger partial charge is 0.396 e. The molecule has 3 aliphatic rings. The first-order valence-corrected chi connectivity index (χ1v) is 9.70. The zero-order valence-corrected chi connectivity index (χ0v) is 15.2. The van der Waals surface area contributed by atoms with Crippen LogP contribution in [0.2, 0.25) is 0 Å². The summed E-state index contributed by atoms with van der Waals surface area (Å²) in [6.45, 7) is 7.37. The van der Waals surface area contributed by atoms with Gasteiger partial charge in [0.2, 0.25) is 0 Å². The second-order valence-corrected chi connectivity index (χ2v) is 9.68. The van der Waals surface area contributed by atoms with Gasteiger partial charge in [-0.2, -0.15) is 0 Å². The van der Waals surface area contributed by atoms with Gasteiger partial charge in [0, 0.05) is 13.2 Å². The maximum atomic E-state index is 11.1. The van der Waals surface area contributed by atoms with Crippen LogP contribution in [0, 0.1) is 34.0 Å². The monoisotopic (exact) mass is 324 g/mol. The van der Waals surface area contributed by atoms with Crippen molar-refractivity contribution in [2.45, 2.75) is 78.2 Å². The number of aliphatic hydroxyl groups is 3. The Bertz CT molecular complexity index is 439. The van der Waals surface area contributed by atoms with E-state index in [1.165, 1.54) is 19.3 Å². The van der Waals surface area contributed by atoms with Crippen LogP contribution in [0.3, 0.4) is 0 Å². The van der Waals surface area contributed by atoms with E-state index in [0.717, 1.165) is 25.7 Å². The minimum absolute atomic E-state index is 0.0643. The van der Waals surface area contributed by atoms with Crippen LogP contribution in [0.5, 0.6) is 0 Å². The molecule has 3 rings (SSSR count). The SMILES string of the molecule is C[C@]1(CCO)CC[C@H]2[C@@H](CC[C@H]3[C@](C)(CO)CCC[C@]23C)[C@@H]1O. The maximum absolute atomic E-state index is 11.1. The third-order valence-corrected chi connectivity index (χ3v) is 8.44. The Labute approximate surface area is 141 Å². The van der Waals surface area contributed by atoms with Crippen LogP contribution >= 0.6 is 0 Å². The van der Waals surface area contributed by atoms with Crippen molar-refractivity contribution < 1.29 is 15.3 Å². The van der Waals surface area contributed by atoms with Gasteiger partial charge >= 0.3 is 0 Å². The minimum atomic E-state index is -0.284. The molecule has 0 aliphatic heterocycles. The van der Waals surface area contributed by atoms with Gasteiger partial charge in [0.15, 0.2) is 0 Å². The molecule has 3 N–H and O–H groups in total. The molecular weight excluding hydrogens is 288 g/mol. The first-order valence-electron chi connectivity index (χ1n) is 9.70. The van der Waals surface area contributed by atoms with Gasteiger partial charge in [-0.15, -0.1) is 0 Å². The van der Waals surface area contributed by atoms with Crippen LogP contribution in [0.25, 0.3) is 0 Å². The summed E-state index contributed by atoms with van der Waals surface area (Å²) in [5.74, 6) is 1.54. The highest BCUT2D eigenvalue weighted by Gasteiger charge is 2.59. The molecule has 0 heterocycles. The second-order valence-electron chi connectivity index (χ2n) is 9.68. The molecule has 3 aliphatic carbocycles. The van der Waals surface area contributed by atoms with E-state index in [0.29, 0.717) is 30.8 Å². The van der Waals surface area contributed by atoms with Crippen molar-refractivity contribution in [3.63, 3.8) is 0 Å². The zero-order valence-electron chi connectivity index (χ0n) is 15.2. The van der Waals surface area contributed by atoms with Crippen molar-refractivity contribution in [2.24, 2.45) is 34.0 Å². The molecule has 0 saturated heterocycles. The van der Waals surface area contributed by atoms with Crippen molar-refractivity contribution in [3.05, 3.63) is 0 Å². The van der Waals surface area contributed by atoms with Crippen LogP contribution in [0.1, 0.15) is 72.1 Å². The fraction of sp³-hybridized carbons (Fsp3) is 1.00. The van der Waals surface area contributed by atoms with Crippen molar-refractivity contribution in [2.75, 3.05) is 13.2 Å². The van der Waals surface area contributed by atoms with Crippen LogP contribution in [0.4, 0.5) is 0 Å². The van der Waals surface area contributed by atoms with Gasteiger partial charge in [-0.25, -0.2) is 0 Å². The molecule has 0 amide bonds. The lowest BCUT2D eigenvalue weighted by molar-refractivity contribution is -0.180. The normalized spacial score (nSPS) is 53.5. The van der Waals surface area contributed by atoms with Crippen molar-refractivity contribution in [1.82, 2.24) is 0 Å². The molecule has 7 atom stereocenters. The van der Waals surface area contributed by atoms with Gasteiger partial charge in [-0.1, -0.05) is 27.2 Å². The standard InChI is InChI=1S/C20H36O3/c1-18(11-12-21)10-7-15-14(17(18)23)5-6-16-19(2,13-22)8-4-9-20(15,16)3/h14-17,21-23H,4-13H2,1-3H3/t14-,15+,16+,17+,18-,19+,20-/m1/s1. The summed E-state index contributed by atoms with van der Waals surface area (Å²) < 4.78 is 0. The molecule has 0 aromatic carbocycles. The lowest BCUT2D eigenvalue weighted by Gasteiger charge is -2.63. The average Bonchev–Trinajstić information content (AvgIpc) is 2.51. The van der Waals surface area contributed by atoms with Crippen LogP contribution in [-0.4, -0.2) is 34.6 Å². The third-order valence-electron chi connectivity index (χ3n) is 8.44. The molecule has 3 fully saturated rings. The predicted octanol–water partition coefficient (Wildman–Crippen LogP) is 3.36. The van der Waals surface area contributed by atoms with E-state index in [-0.39, 0.29) is 29.0 Å². The molecule has 0 unspecified atom stereocenters. The Morgan fingerprint density at radius 2 is 1.65 bits per heavy atom. The molecule has 0 aromatic heterocycles. The molecule has 0 aromatic rings. The van der Waals surface area contributed by atoms with E-state index < -0.39 is 0 Å². The van der Waals surface area contributed by atoms with Gasteiger partial charge in [0.25, 0.3) is 0 Å². The van der Waals surface area contributed by atoms with E-state index in [2.05, 4.69) is 20.8 Å². The Morgan fingerprint density at radius 3 is 2.30 bits per heavy atom. The highest BCUT2D eigenvalue weighted by Crippen LogP contribution is 2.65. The fourth-order valence-corrected chi connectivity index (χ4v) is 6.98. The van der Waals surface area contributed by atoms with Crippen molar-refractivity contribution >= 4 is 0 Å². The predicted molar refractivity (Wildman–Crippen MR) is 91.9 cm³/mol. The van der Waals surface area contributed by atoms with Gasteiger partial charge in [0.1, 0.15) is 0 Å². The van der Waals surface area contributed by atoms with Gasteiger partial charge in [-0.05, 0) is 78.9 Å². The summed E-state index contributed by atoms with van der Waals surface area (Å²) >= 11 is 0. The average molecular weight is 325 g/mol. The van der Waals surface area contributed by atoms with Gasteiger partial charge in [0.05, 0.1) is 6.10 Å². The van der Waals surface area contributed by atoms with E-state index >= 15 is 0 Å². The number of hydrogen-bond donors (Lipinski definition) is 3. The summed E-state index contributed by atoms with van der Waals surface area (Å²) in [6, 6.07) is 0. The number of hydrogen-bond acceptors (Lipinski definition) is 3. The van der Waals surface area contributed by atoms with E-state index in [4.69, 9.17) is 0 Å². The molecule has 3 saturated carbocycles. The Hall–Kier alpha value is -0.120. The van der Waals surface area contributed by atoms with Crippen LogP contribution in [-0.2, 0) is 0 Å². The number of rotatable bonds is 3. The molecule has 23 heavy (non-hydrogen) atoms. The molecule has 3 heteroatoms. The number of fused-ring (bicyclic) bond motifs is 3. The van der Waals surface area contributed by atoms with E-state index in [1.807, 2.05) is 0 Å². The lowest BCUT2D eigenvalue weighted by Crippen LogP contribution is -2.59. The van der Waals surface area contributed by atoms with E-state index in [9.17, 15) is 15.3 Å². The zero-order chi connectivity index (χ0) is 16.9. The Morgan fingerprint density at radius 1 is 0.913 bits per heavy atom. The molecule has 0 bridgehead atoms. The molecule has 3 nitrogen and oxygen atoms in total. The summed E-state index contributed by atoms with van der Waals surface area (Å²) in [4.78, 5) is 0. The first kappa shape index (κ1) is 17.7. The summed E-state index contributed by atoms with van der Waals surface area (Å²) in [5.41, 5.74) is 0.211. The highest BCUT2D eigenvalue weighted by molar-refractivity contribution is 5.09. The van der Waals surface area contributed by atoms with Crippen molar-refractivity contribution in [3.8, 4) is 0 Å². The molecule has 134 valence electrons. The first-order chi connectivity index (χ1) is 10.8. The lowest BCUT2D eigenvalue weighted by atomic mass is 9.42. The maximum Gasteiger partial charge on any atom is 0.0625 e. The van der Waals surface area contributed by atoms with Gasteiger partial charge in [-0.3, -0.25) is 0 Å². The highest BCUT2D eigenvalue weighted by atomic mass is 16.3. The fourth-order valence-electron chi connectivity index (χ4n) is 6.98. The Balaban J connectivity index is 1.87. The summed E-state index contributed by atoms with van der Waals surface area (Å²) in [5, 5.41) is 30.5. The van der Waals surface area contributed by atoms with Crippen LogP contribution < -0.4 is 0 Å².